The molecule has 1 unspecified atom stereocenters. The molecule has 0 spiro atoms. The molecule has 2 aliphatic carbocycles. The Morgan fingerprint density at radius 2 is 1.23 bits per heavy atom. The first kappa shape index (κ1) is 25.0. The van der Waals surface area contributed by atoms with Gasteiger partial charge in [-0.1, -0.05) is 139 Å². The summed E-state index contributed by atoms with van der Waals surface area (Å²) in [6.07, 6.45) is 0. The van der Waals surface area contributed by atoms with Gasteiger partial charge in [0.05, 0.1) is 22.1 Å². The number of hydrogen-bond acceptors (Lipinski definition) is 1. The zero-order valence-corrected chi connectivity index (χ0v) is 25.9. The zero-order chi connectivity index (χ0) is 31.1. The highest BCUT2D eigenvalue weighted by Gasteiger charge is 2.44. The van der Waals surface area contributed by atoms with Gasteiger partial charge < -0.3 is 0 Å². The van der Waals surface area contributed by atoms with Gasteiger partial charge in [-0.15, -0.1) is 0 Å². The maximum Gasteiger partial charge on any atom is 0.247 e. The molecule has 2 aromatic heterocycles. The SMILES string of the molecule is c1ccc(-c2ccccc2B2c3ccccc3-n3c4c2cc2c(c4n4c5ccccc5nc34)-c3cccc4c3C2c2ccccc2-4)cc1. The first-order chi connectivity index (χ1) is 23.9. The van der Waals surface area contributed by atoms with Gasteiger partial charge in [0.2, 0.25) is 12.5 Å². The van der Waals surface area contributed by atoms with Crippen LogP contribution in [0.3, 0.4) is 0 Å². The summed E-state index contributed by atoms with van der Waals surface area (Å²) in [5.74, 6) is 1.18. The van der Waals surface area contributed by atoms with Crippen LogP contribution >= 0.6 is 0 Å². The summed E-state index contributed by atoms with van der Waals surface area (Å²) in [6, 6.07) is 56.1. The number of para-hydroxylation sites is 3. The van der Waals surface area contributed by atoms with E-state index in [9.17, 15) is 0 Å². The van der Waals surface area contributed by atoms with E-state index in [2.05, 4.69) is 161 Å². The van der Waals surface area contributed by atoms with Gasteiger partial charge in [0.15, 0.2) is 0 Å². The van der Waals surface area contributed by atoms with Crippen molar-refractivity contribution in [2.75, 3.05) is 0 Å². The highest BCUT2D eigenvalue weighted by molar-refractivity contribution is 6.98. The van der Waals surface area contributed by atoms with Crippen LogP contribution in [0.4, 0.5) is 0 Å². The summed E-state index contributed by atoms with van der Waals surface area (Å²) >= 11 is 0. The lowest BCUT2D eigenvalue weighted by Gasteiger charge is -2.28. The minimum absolute atomic E-state index is 0.0450. The topological polar surface area (TPSA) is 22.2 Å². The summed E-state index contributed by atoms with van der Waals surface area (Å²) in [5.41, 5.74) is 22.1. The fourth-order valence-corrected chi connectivity index (χ4v) is 9.46. The molecule has 3 aliphatic rings. The maximum absolute atomic E-state index is 5.35. The second kappa shape index (κ2) is 8.81. The molecular weight excluding hydrogens is 581 g/mol. The van der Waals surface area contributed by atoms with E-state index >= 15 is 0 Å². The lowest BCUT2D eigenvalue weighted by atomic mass is 9.34. The summed E-state index contributed by atoms with van der Waals surface area (Å²) in [5, 5.41) is 0. The van der Waals surface area contributed by atoms with E-state index in [0.717, 1.165) is 16.8 Å². The van der Waals surface area contributed by atoms with Crippen LogP contribution in [-0.4, -0.2) is 20.7 Å². The quantitative estimate of drug-likeness (QED) is 0.182. The standard InChI is InChI=1S/C44H26BN3/c1-2-13-26(14-3-1)27-15-6-7-20-33(27)45-34-21-8-10-23-37(34)47-42-35(45)25-32-40-29-17-5-4-16-28(29)30-18-12-19-31(39(30)40)41(32)43(42)48-38-24-11-9-22-36(38)46-44(47)48/h1-25,40H. The van der Waals surface area contributed by atoms with Gasteiger partial charge in [0.25, 0.3) is 0 Å². The van der Waals surface area contributed by atoms with Crippen molar-refractivity contribution in [3.63, 3.8) is 0 Å². The van der Waals surface area contributed by atoms with E-state index < -0.39 is 0 Å². The van der Waals surface area contributed by atoms with Crippen LogP contribution < -0.4 is 16.4 Å². The molecule has 0 saturated heterocycles. The largest absolute Gasteiger partial charge is 0.279 e. The van der Waals surface area contributed by atoms with E-state index in [-0.39, 0.29) is 12.6 Å². The number of hydrogen-bond donors (Lipinski definition) is 0. The van der Waals surface area contributed by atoms with Gasteiger partial charge in [0.1, 0.15) is 0 Å². The molecule has 3 nitrogen and oxygen atoms in total. The Bertz CT molecular complexity index is 2860. The number of benzene rings is 7. The molecule has 1 atom stereocenters. The molecule has 220 valence electrons. The first-order valence-electron chi connectivity index (χ1n) is 16.8. The van der Waals surface area contributed by atoms with Crippen LogP contribution in [0.15, 0.2) is 152 Å². The molecule has 3 heterocycles. The molecule has 12 rings (SSSR count). The van der Waals surface area contributed by atoms with Crippen LogP contribution in [0.2, 0.25) is 0 Å². The Morgan fingerprint density at radius 3 is 2.15 bits per heavy atom. The van der Waals surface area contributed by atoms with Crippen LogP contribution in [0.1, 0.15) is 22.6 Å². The van der Waals surface area contributed by atoms with Gasteiger partial charge in [-0.25, -0.2) is 4.98 Å². The minimum atomic E-state index is 0.0450. The number of fused-ring (bicyclic) bond motifs is 14. The van der Waals surface area contributed by atoms with E-state index in [4.69, 9.17) is 4.98 Å². The van der Waals surface area contributed by atoms with Gasteiger partial charge >= 0.3 is 0 Å². The van der Waals surface area contributed by atoms with Crippen molar-refractivity contribution < 1.29 is 0 Å². The fraction of sp³-hybridized carbons (Fsp3) is 0.0227. The first-order valence-corrected chi connectivity index (χ1v) is 16.8. The Kier molecular flexibility index (Phi) is 4.59. The van der Waals surface area contributed by atoms with Crippen molar-refractivity contribution in [1.82, 2.24) is 14.0 Å². The van der Waals surface area contributed by atoms with E-state index in [1.54, 1.807) is 0 Å². The summed E-state index contributed by atoms with van der Waals surface area (Å²) in [6.45, 7) is 0.0450. The lowest BCUT2D eigenvalue weighted by molar-refractivity contribution is 1.06. The molecule has 0 fully saturated rings. The fourth-order valence-electron chi connectivity index (χ4n) is 9.46. The van der Waals surface area contributed by atoms with E-state index in [1.165, 1.54) is 83.2 Å². The van der Waals surface area contributed by atoms with Crippen molar-refractivity contribution in [2.45, 2.75) is 5.92 Å². The van der Waals surface area contributed by atoms with Gasteiger partial charge in [-0.2, -0.15) is 0 Å². The van der Waals surface area contributed by atoms with Crippen LogP contribution in [0, 0.1) is 0 Å². The van der Waals surface area contributed by atoms with Crippen LogP contribution in [0.5, 0.6) is 0 Å². The second-order valence-electron chi connectivity index (χ2n) is 13.4. The molecule has 7 aromatic carbocycles. The third kappa shape index (κ3) is 2.91. The zero-order valence-electron chi connectivity index (χ0n) is 25.9. The number of imidazole rings is 2. The van der Waals surface area contributed by atoms with Crippen molar-refractivity contribution in [1.29, 1.82) is 0 Å². The van der Waals surface area contributed by atoms with Crippen LogP contribution in [0.25, 0.3) is 66.9 Å². The monoisotopic (exact) mass is 607 g/mol. The highest BCUT2D eigenvalue weighted by atomic mass is 15.2. The Balaban J connectivity index is 1.30. The highest BCUT2D eigenvalue weighted by Crippen LogP contribution is 2.59. The summed E-state index contributed by atoms with van der Waals surface area (Å²) in [4.78, 5) is 5.35. The molecule has 0 saturated carbocycles. The molecule has 0 bridgehead atoms. The number of rotatable bonds is 2. The number of nitrogens with zero attached hydrogens (tertiary/aromatic N) is 3. The number of aromatic nitrogens is 3. The van der Waals surface area contributed by atoms with Crippen molar-refractivity contribution in [2.24, 2.45) is 0 Å². The average Bonchev–Trinajstić information content (AvgIpc) is 3.88. The predicted molar refractivity (Wildman–Crippen MR) is 198 cm³/mol. The molecule has 1 aliphatic heterocycles. The Hall–Kier alpha value is -6.13. The molecule has 0 radical (unpaired) electrons. The van der Waals surface area contributed by atoms with Crippen LogP contribution in [-0.2, 0) is 0 Å². The molecule has 0 amide bonds. The summed E-state index contributed by atoms with van der Waals surface area (Å²) < 4.78 is 4.92. The molecule has 9 aromatic rings. The lowest BCUT2D eigenvalue weighted by Crippen LogP contribution is -2.56. The van der Waals surface area contributed by atoms with E-state index in [0.29, 0.717) is 0 Å². The normalized spacial score (nSPS) is 14.8. The average molecular weight is 608 g/mol. The maximum atomic E-state index is 5.35. The van der Waals surface area contributed by atoms with Crippen molar-refractivity contribution in [3.05, 3.63) is 168 Å². The van der Waals surface area contributed by atoms with Crippen molar-refractivity contribution >= 4 is 50.9 Å². The Morgan fingerprint density at radius 1 is 0.521 bits per heavy atom. The minimum Gasteiger partial charge on any atom is -0.279 e. The second-order valence-corrected chi connectivity index (χ2v) is 13.4. The Labute approximate surface area is 277 Å². The summed E-state index contributed by atoms with van der Waals surface area (Å²) in [7, 11) is 0. The van der Waals surface area contributed by atoms with E-state index in [1.807, 2.05) is 0 Å². The van der Waals surface area contributed by atoms with Gasteiger partial charge in [0, 0.05) is 17.2 Å². The third-order valence-corrected chi connectivity index (χ3v) is 11.2. The van der Waals surface area contributed by atoms with Crippen molar-refractivity contribution in [3.8, 4) is 39.1 Å². The smallest absolute Gasteiger partial charge is 0.247 e. The molecular formula is C44H26BN3. The van der Waals surface area contributed by atoms with Gasteiger partial charge in [-0.05, 0) is 73.6 Å². The predicted octanol–water partition coefficient (Wildman–Crippen LogP) is 8.07. The molecule has 4 heteroatoms. The van der Waals surface area contributed by atoms with Gasteiger partial charge in [-0.3, -0.25) is 8.97 Å². The molecule has 48 heavy (non-hydrogen) atoms. The molecule has 0 N–H and O–H groups in total. The third-order valence-electron chi connectivity index (χ3n) is 11.2.